The van der Waals surface area contributed by atoms with Crippen LogP contribution in [0.25, 0.3) is 10.2 Å². The van der Waals surface area contributed by atoms with E-state index in [1.807, 2.05) is 12.1 Å². The molecule has 1 aromatic carbocycles. The first-order chi connectivity index (χ1) is 8.70. The van der Waals surface area contributed by atoms with Gasteiger partial charge in [-0.15, -0.1) is 11.3 Å². The summed E-state index contributed by atoms with van der Waals surface area (Å²) in [5.41, 5.74) is 2.32. The molecule has 0 unspecified atom stereocenters. The normalized spacial score (nSPS) is 11.0. The summed E-state index contributed by atoms with van der Waals surface area (Å²) >= 11 is 9.18. The van der Waals surface area contributed by atoms with Crippen molar-refractivity contribution in [1.29, 1.82) is 0 Å². The van der Waals surface area contributed by atoms with E-state index in [1.165, 1.54) is 15.1 Å². The van der Waals surface area contributed by atoms with Gasteiger partial charge in [0, 0.05) is 4.88 Å². The minimum Gasteiger partial charge on any atom is -0.357 e. The molecule has 0 aliphatic heterocycles. The number of nitrogens with one attached hydrogen (secondary N) is 1. The molecule has 0 radical (unpaired) electrons. The Morgan fingerprint density at radius 3 is 2.89 bits per heavy atom. The molecule has 1 N–H and O–H groups in total. The van der Waals surface area contributed by atoms with Crippen LogP contribution in [0.3, 0.4) is 0 Å². The minimum absolute atomic E-state index is 0.774. The van der Waals surface area contributed by atoms with E-state index in [2.05, 4.69) is 35.4 Å². The molecule has 2 heterocycles. The van der Waals surface area contributed by atoms with E-state index in [9.17, 15) is 0 Å². The number of hydrogen-bond donors (Lipinski definition) is 1. The third-order valence-electron chi connectivity index (χ3n) is 2.59. The Bertz CT molecular complexity index is 687. The molecule has 18 heavy (non-hydrogen) atoms. The zero-order valence-corrected chi connectivity index (χ0v) is 12.1. The average molecular weight is 295 g/mol. The Kier molecular flexibility index (Phi) is 3.24. The van der Waals surface area contributed by atoms with Gasteiger partial charge in [-0.1, -0.05) is 29.0 Å². The molecule has 5 heteroatoms. The second-order valence-corrected chi connectivity index (χ2v) is 6.88. The molecule has 0 atom stereocenters. The minimum atomic E-state index is 0.774. The molecule has 0 aliphatic rings. The third-order valence-corrected chi connectivity index (χ3v) is 4.79. The summed E-state index contributed by atoms with van der Waals surface area (Å²) in [6, 6.07) is 10.3. The van der Waals surface area contributed by atoms with Gasteiger partial charge in [0.05, 0.1) is 21.1 Å². The fraction of sp³-hybridized carbons (Fsp3) is 0.154. The molecule has 0 fully saturated rings. The molecule has 3 aromatic rings. The fourth-order valence-electron chi connectivity index (χ4n) is 1.72. The highest BCUT2D eigenvalue weighted by molar-refractivity contribution is 7.22. The lowest BCUT2D eigenvalue weighted by Gasteiger charge is -1.98. The van der Waals surface area contributed by atoms with Crippen LogP contribution in [0, 0.1) is 6.92 Å². The maximum absolute atomic E-state index is 5.90. The van der Waals surface area contributed by atoms with Crippen molar-refractivity contribution in [2.75, 3.05) is 5.32 Å². The fourth-order valence-corrected chi connectivity index (χ4v) is 3.70. The Labute approximate surface area is 118 Å². The highest BCUT2D eigenvalue weighted by atomic mass is 35.5. The van der Waals surface area contributed by atoms with Crippen molar-refractivity contribution in [3.8, 4) is 0 Å². The maximum atomic E-state index is 5.90. The molecule has 0 amide bonds. The summed E-state index contributed by atoms with van der Waals surface area (Å²) in [5, 5.41) is 4.30. The van der Waals surface area contributed by atoms with Crippen LogP contribution in [0.5, 0.6) is 0 Å². The number of aryl methyl sites for hydroxylation is 1. The maximum Gasteiger partial charge on any atom is 0.184 e. The quantitative estimate of drug-likeness (QED) is 0.741. The Morgan fingerprint density at radius 2 is 2.11 bits per heavy atom. The SMILES string of the molecule is Cc1ccc2nc(NCc3ccc(Cl)s3)sc2c1. The Balaban J connectivity index is 1.78. The molecule has 0 saturated heterocycles. The van der Waals surface area contributed by atoms with E-state index in [0.29, 0.717) is 0 Å². The lowest BCUT2D eigenvalue weighted by Crippen LogP contribution is -1.95. The average Bonchev–Trinajstić information content (AvgIpc) is 2.92. The van der Waals surface area contributed by atoms with Gasteiger partial charge in [-0.25, -0.2) is 4.98 Å². The van der Waals surface area contributed by atoms with E-state index in [-0.39, 0.29) is 0 Å². The zero-order chi connectivity index (χ0) is 12.5. The van der Waals surface area contributed by atoms with Crippen molar-refractivity contribution in [2.24, 2.45) is 0 Å². The predicted molar refractivity (Wildman–Crippen MR) is 81.0 cm³/mol. The number of benzene rings is 1. The van der Waals surface area contributed by atoms with Gasteiger partial charge in [-0.2, -0.15) is 0 Å². The van der Waals surface area contributed by atoms with E-state index in [0.717, 1.165) is 21.5 Å². The summed E-state index contributed by atoms with van der Waals surface area (Å²) < 4.78 is 2.05. The van der Waals surface area contributed by atoms with Gasteiger partial charge in [0.15, 0.2) is 5.13 Å². The van der Waals surface area contributed by atoms with Gasteiger partial charge in [0.25, 0.3) is 0 Å². The molecule has 0 aliphatic carbocycles. The first-order valence-electron chi connectivity index (χ1n) is 5.56. The standard InChI is InChI=1S/C13H11ClN2S2/c1-8-2-4-10-11(6-8)18-13(16-10)15-7-9-3-5-12(14)17-9/h2-6H,7H2,1H3,(H,15,16). The topological polar surface area (TPSA) is 24.9 Å². The highest BCUT2D eigenvalue weighted by Gasteiger charge is 2.04. The predicted octanol–water partition coefficient (Wildman–Crippen LogP) is 4.93. The van der Waals surface area contributed by atoms with Crippen LogP contribution in [-0.4, -0.2) is 4.98 Å². The number of aromatic nitrogens is 1. The largest absolute Gasteiger partial charge is 0.357 e. The monoisotopic (exact) mass is 294 g/mol. The van der Waals surface area contributed by atoms with E-state index >= 15 is 0 Å². The summed E-state index contributed by atoms with van der Waals surface area (Å²) in [5.74, 6) is 0. The van der Waals surface area contributed by atoms with Crippen LogP contribution >= 0.6 is 34.3 Å². The Hall–Kier alpha value is -1.10. The number of thiazole rings is 1. The number of nitrogens with zero attached hydrogens (tertiary/aromatic N) is 1. The number of rotatable bonds is 3. The smallest absolute Gasteiger partial charge is 0.184 e. The summed E-state index contributed by atoms with van der Waals surface area (Å²) in [6.07, 6.45) is 0. The number of anilines is 1. The first kappa shape index (κ1) is 12.0. The zero-order valence-electron chi connectivity index (χ0n) is 9.74. The van der Waals surface area contributed by atoms with E-state index in [1.54, 1.807) is 22.7 Å². The van der Waals surface area contributed by atoms with E-state index in [4.69, 9.17) is 11.6 Å². The summed E-state index contributed by atoms with van der Waals surface area (Å²) in [4.78, 5) is 5.77. The van der Waals surface area contributed by atoms with Crippen molar-refractivity contribution < 1.29 is 0 Å². The molecule has 2 aromatic heterocycles. The third kappa shape index (κ3) is 2.51. The van der Waals surface area contributed by atoms with Crippen LogP contribution in [-0.2, 0) is 6.54 Å². The molecule has 0 bridgehead atoms. The summed E-state index contributed by atoms with van der Waals surface area (Å²) in [6.45, 7) is 2.87. The van der Waals surface area contributed by atoms with E-state index < -0.39 is 0 Å². The van der Waals surface area contributed by atoms with Crippen molar-refractivity contribution >= 4 is 49.6 Å². The number of halogens is 1. The first-order valence-corrected chi connectivity index (χ1v) is 7.57. The van der Waals surface area contributed by atoms with Crippen LogP contribution in [0.4, 0.5) is 5.13 Å². The number of hydrogen-bond acceptors (Lipinski definition) is 4. The van der Waals surface area contributed by atoms with Gasteiger partial charge in [-0.05, 0) is 36.8 Å². The van der Waals surface area contributed by atoms with Crippen LogP contribution in [0.15, 0.2) is 30.3 Å². The molecule has 0 saturated carbocycles. The van der Waals surface area contributed by atoms with Gasteiger partial charge in [-0.3, -0.25) is 0 Å². The van der Waals surface area contributed by atoms with Crippen LogP contribution in [0.2, 0.25) is 4.34 Å². The Morgan fingerprint density at radius 1 is 1.22 bits per heavy atom. The second-order valence-electron chi connectivity index (χ2n) is 4.05. The van der Waals surface area contributed by atoms with Gasteiger partial charge in [0.2, 0.25) is 0 Å². The lowest BCUT2D eigenvalue weighted by atomic mass is 10.2. The lowest BCUT2D eigenvalue weighted by molar-refractivity contribution is 1.18. The molecule has 3 rings (SSSR count). The second kappa shape index (κ2) is 4.88. The van der Waals surface area contributed by atoms with Crippen molar-refractivity contribution in [2.45, 2.75) is 13.5 Å². The van der Waals surface area contributed by atoms with Crippen LogP contribution in [0.1, 0.15) is 10.4 Å². The van der Waals surface area contributed by atoms with Gasteiger partial charge < -0.3 is 5.32 Å². The molecule has 0 spiro atoms. The van der Waals surface area contributed by atoms with Crippen molar-refractivity contribution in [1.82, 2.24) is 4.98 Å². The van der Waals surface area contributed by atoms with Crippen molar-refractivity contribution in [3.05, 3.63) is 45.1 Å². The number of thiophene rings is 1. The van der Waals surface area contributed by atoms with Gasteiger partial charge >= 0.3 is 0 Å². The molecular formula is C13H11ClN2S2. The van der Waals surface area contributed by atoms with Crippen LogP contribution < -0.4 is 5.32 Å². The molecule has 92 valence electrons. The van der Waals surface area contributed by atoms with Gasteiger partial charge in [0.1, 0.15) is 0 Å². The number of fused-ring (bicyclic) bond motifs is 1. The summed E-state index contributed by atoms with van der Waals surface area (Å²) in [7, 11) is 0. The molecule has 2 nitrogen and oxygen atoms in total. The van der Waals surface area contributed by atoms with Crippen molar-refractivity contribution in [3.63, 3.8) is 0 Å². The molecular weight excluding hydrogens is 284 g/mol. The highest BCUT2D eigenvalue weighted by Crippen LogP contribution is 2.28.